The molecule has 0 amide bonds. The molecule has 2 heterocycles. The first-order valence-corrected chi connectivity index (χ1v) is 8.69. The molecule has 0 spiro atoms. The first-order chi connectivity index (χ1) is 11.7. The van der Waals surface area contributed by atoms with Gasteiger partial charge in [-0.2, -0.15) is 4.98 Å². The van der Waals surface area contributed by atoms with Gasteiger partial charge in [0.15, 0.2) is 5.96 Å². The minimum absolute atomic E-state index is 0. The number of benzene rings is 1. The molecule has 1 aromatic carbocycles. The van der Waals surface area contributed by atoms with Crippen LogP contribution in [0.15, 0.2) is 33.8 Å². The largest absolute Gasteiger partial charge is 0.347 e. The molecule has 1 aliphatic heterocycles. The molecule has 2 aromatic rings. The van der Waals surface area contributed by atoms with Crippen molar-refractivity contribution in [2.24, 2.45) is 10.4 Å². The Kier molecular flexibility index (Phi) is 6.22. The SMILES string of the molecule is CN=C(NCc1nc(-c2cccc(Cl)c2)no1)N1CC(C)(C)C1(C)C.I. The fourth-order valence-corrected chi connectivity index (χ4v) is 3.11. The zero-order valence-corrected chi connectivity index (χ0v) is 18.8. The predicted octanol–water partition coefficient (Wildman–Crippen LogP) is 4.20. The Balaban J connectivity index is 0.00000243. The fourth-order valence-electron chi connectivity index (χ4n) is 2.92. The molecule has 1 fully saturated rings. The van der Waals surface area contributed by atoms with E-state index in [9.17, 15) is 0 Å². The molecule has 1 saturated heterocycles. The van der Waals surface area contributed by atoms with E-state index in [1.165, 1.54) is 0 Å². The lowest BCUT2D eigenvalue weighted by Gasteiger charge is -2.62. The Labute approximate surface area is 176 Å². The van der Waals surface area contributed by atoms with Crippen molar-refractivity contribution in [1.82, 2.24) is 20.4 Å². The third-order valence-electron chi connectivity index (χ3n) is 5.30. The van der Waals surface area contributed by atoms with E-state index in [2.05, 4.69) is 53.0 Å². The Bertz CT molecular complexity index is 802. The van der Waals surface area contributed by atoms with Crippen molar-refractivity contribution in [3.05, 3.63) is 35.2 Å². The average molecular weight is 490 g/mol. The first kappa shape index (κ1) is 21.0. The molecule has 142 valence electrons. The van der Waals surface area contributed by atoms with Crippen LogP contribution in [-0.2, 0) is 6.54 Å². The summed E-state index contributed by atoms with van der Waals surface area (Å²) in [5.74, 6) is 1.88. The van der Waals surface area contributed by atoms with Crippen LogP contribution in [0.3, 0.4) is 0 Å². The molecule has 1 aromatic heterocycles. The molecular weight excluding hydrogens is 465 g/mol. The molecule has 0 unspecified atom stereocenters. The summed E-state index contributed by atoms with van der Waals surface area (Å²) in [5.41, 5.74) is 1.11. The van der Waals surface area contributed by atoms with Crippen LogP contribution in [0.5, 0.6) is 0 Å². The number of likely N-dealkylation sites (tertiary alicyclic amines) is 1. The summed E-state index contributed by atoms with van der Waals surface area (Å²) >= 11 is 6.01. The smallest absolute Gasteiger partial charge is 0.246 e. The van der Waals surface area contributed by atoms with Gasteiger partial charge in [-0.15, -0.1) is 24.0 Å². The van der Waals surface area contributed by atoms with E-state index in [-0.39, 0.29) is 34.9 Å². The fraction of sp³-hybridized carbons (Fsp3) is 0.500. The third-order valence-corrected chi connectivity index (χ3v) is 5.54. The quantitative estimate of drug-likeness (QED) is 0.398. The molecule has 8 heteroatoms. The van der Waals surface area contributed by atoms with Gasteiger partial charge in [0, 0.05) is 35.1 Å². The summed E-state index contributed by atoms with van der Waals surface area (Å²) in [7, 11) is 1.79. The second kappa shape index (κ2) is 7.72. The molecule has 1 aliphatic rings. The summed E-state index contributed by atoms with van der Waals surface area (Å²) in [5, 5.41) is 7.98. The van der Waals surface area contributed by atoms with Crippen LogP contribution in [0, 0.1) is 5.41 Å². The normalized spacial score (nSPS) is 18.1. The second-order valence-electron chi connectivity index (χ2n) is 7.45. The van der Waals surface area contributed by atoms with Crippen molar-refractivity contribution >= 4 is 41.5 Å². The zero-order chi connectivity index (χ0) is 18.2. The van der Waals surface area contributed by atoms with Crippen LogP contribution in [0.4, 0.5) is 0 Å². The maximum atomic E-state index is 6.01. The average Bonchev–Trinajstić information content (AvgIpc) is 3.03. The number of aliphatic imine (C=N–C) groups is 1. The maximum Gasteiger partial charge on any atom is 0.246 e. The summed E-state index contributed by atoms with van der Waals surface area (Å²) in [4.78, 5) is 11.1. The molecule has 0 atom stereocenters. The van der Waals surface area contributed by atoms with Gasteiger partial charge in [0.05, 0.1) is 6.54 Å². The van der Waals surface area contributed by atoms with Crippen molar-refractivity contribution < 1.29 is 4.52 Å². The molecule has 0 saturated carbocycles. The van der Waals surface area contributed by atoms with E-state index < -0.39 is 0 Å². The molecule has 3 rings (SSSR count). The highest BCUT2D eigenvalue weighted by Crippen LogP contribution is 2.46. The van der Waals surface area contributed by atoms with Gasteiger partial charge < -0.3 is 14.7 Å². The second-order valence-corrected chi connectivity index (χ2v) is 7.89. The van der Waals surface area contributed by atoms with E-state index in [0.717, 1.165) is 18.1 Å². The first-order valence-electron chi connectivity index (χ1n) is 8.31. The van der Waals surface area contributed by atoms with Crippen molar-refractivity contribution in [3.8, 4) is 11.4 Å². The predicted molar refractivity (Wildman–Crippen MR) is 115 cm³/mol. The van der Waals surface area contributed by atoms with Crippen molar-refractivity contribution in [3.63, 3.8) is 0 Å². The van der Waals surface area contributed by atoms with Crippen LogP contribution < -0.4 is 5.32 Å². The van der Waals surface area contributed by atoms with Gasteiger partial charge >= 0.3 is 0 Å². The lowest BCUT2D eigenvalue weighted by molar-refractivity contribution is -0.0668. The monoisotopic (exact) mass is 489 g/mol. The molecule has 6 nitrogen and oxygen atoms in total. The number of hydrogen-bond donors (Lipinski definition) is 1. The number of aromatic nitrogens is 2. The molecule has 26 heavy (non-hydrogen) atoms. The number of nitrogens with one attached hydrogen (secondary N) is 1. The summed E-state index contributed by atoms with van der Waals surface area (Å²) in [6.07, 6.45) is 0. The number of guanidine groups is 1. The lowest BCUT2D eigenvalue weighted by atomic mass is 9.65. The van der Waals surface area contributed by atoms with Gasteiger partial charge in [-0.05, 0) is 26.0 Å². The number of rotatable bonds is 3. The molecule has 0 bridgehead atoms. The van der Waals surface area contributed by atoms with E-state index in [4.69, 9.17) is 16.1 Å². The van der Waals surface area contributed by atoms with Crippen LogP contribution in [0.1, 0.15) is 33.6 Å². The Hall–Kier alpha value is -1.35. The van der Waals surface area contributed by atoms with Crippen molar-refractivity contribution in [2.45, 2.75) is 39.8 Å². The van der Waals surface area contributed by atoms with Gasteiger partial charge in [0.1, 0.15) is 0 Å². The minimum atomic E-state index is 0. The highest BCUT2D eigenvalue weighted by Gasteiger charge is 2.53. The summed E-state index contributed by atoms with van der Waals surface area (Å²) in [6.45, 7) is 10.4. The number of halogens is 2. The van der Waals surface area contributed by atoms with Crippen LogP contribution in [-0.4, -0.2) is 40.1 Å². The highest BCUT2D eigenvalue weighted by atomic mass is 127. The molecular formula is C18H25ClIN5O. The van der Waals surface area contributed by atoms with E-state index >= 15 is 0 Å². The Morgan fingerprint density at radius 1 is 1.35 bits per heavy atom. The van der Waals surface area contributed by atoms with Crippen LogP contribution >= 0.6 is 35.6 Å². The minimum Gasteiger partial charge on any atom is -0.347 e. The van der Waals surface area contributed by atoms with Gasteiger partial charge in [-0.25, -0.2) is 0 Å². The third kappa shape index (κ3) is 3.83. The summed E-state index contributed by atoms with van der Waals surface area (Å²) in [6, 6.07) is 7.39. The van der Waals surface area contributed by atoms with Gasteiger partial charge in [-0.1, -0.05) is 42.7 Å². The van der Waals surface area contributed by atoms with Gasteiger partial charge in [0.25, 0.3) is 0 Å². The van der Waals surface area contributed by atoms with E-state index in [1.54, 1.807) is 7.05 Å². The van der Waals surface area contributed by atoms with E-state index in [0.29, 0.717) is 23.3 Å². The molecule has 1 N–H and O–H groups in total. The van der Waals surface area contributed by atoms with Crippen LogP contribution in [0.2, 0.25) is 5.02 Å². The lowest BCUT2D eigenvalue weighted by Crippen LogP contribution is -2.72. The van der Waals surface area contributed by atoms with Crippen molar-refractivity contribution in [2.75, 3.05) is 13.6 Å². The maximum absolute atomic E-state index is 6.01. The topological polar surface area (TPSA) is 66.5 Å². The highest BCUT2D eigenvalue weighted by molar-refractivity contribution is 14.0. The van der Waals surface area contributed by atoms with Gasteiger partial charge in [0.2, 0.25) is 11.7 Å². The van der Waals surface area contributed by atoms with Crippen molar-refractivity contribution in [1.29, 1.82) is 0 Å². The van der Waals surface area contributed by atoms with Crippen LogP contribution in [0.25, 0.3) is 11.4 Å². The Morgan fingerprint density at radius 3 is 2.65 bits per heavy atom. The van der Waals surface area contributed by atoms with E-state index in [1.807, 2.05) is 24.3 Å². The molecule has 0 radical (unpaired) electrons. The molecule has 0 aliphatic carbocycles. The number of hydrogen-bond acceptors (Lipinski definition) is 4. The number of nitrogens with zero attached hydrogens (tertiary/aromatic N) is 4. The Morgan fingerprint density at radius 2 is 2.08 bits per heavy atom. The standard InChI is InChI=1S/C18H24ClN5O.HI/c1-17(2)11-24(18(17,3)4)16(20-5)21-10-14-22-15(23-25-14)12-7-6-8-13(19)9-12;/h6-9H,10-11H2,1-5H3,(H,20,21);1H. The van der Waals surface area contributed by atoms with Gasteiger partial charge in [-0.3, -0.25) is 4.99 Å². The summed E-state index contributed by atoms with van der Waals surface area (Å²) < 4.78 is 5.34. The zero-order valence-electron chi connectivity index (χ0n) is 15.7.